The van der Waals surface area contributed by atoms with Crippen LogP contribution in [0, 0.1) is 21.4 Å². The van der Waals surface area contributed by atoms with Crippen LogP contribution in [0.3, 0.4) is 0 Å². The molecule has 0 radical (unpaired) electrons. The van der Waals surface area contributed by atoms with E-state index >= 15 is 0 Å². The molecule has 0 saturated heterocycles. The van der Waals surface area contributed by atoms with Gasteiger partial charge in [0.25, 0.3) is 5.69 Å². The van der Waals surface area contributed by atoms with Crippen molar-refractivity contribution in [2.75, 3.05) is 6.61 Å². The predicted octanol–water partition coefficient (Wildman–Crippen LogP) is 1.85. The van der Waals surface area contributed by atoms with Crippen molar-refractivity contribution >= 4 is 11.7 Å². The number of nitriles is 1. The molecule has 23 heavy (non-hydrogen) atoms. The number of carbonyl (C=O) groups excluding carboxylic acids is 1. The Morgan fingerprint density at radius 3 is 2.91 bits per heavy atom. The zero-order valence-corrected chi connectivity index (χ0v) is 12.2. The van der Waals surface area contributed by atoms with Gasteiger partial charge in [0.05, 0.1) is 11.5 Å². The SMILES string of the molecule is CCOC(=O)C1=CC(c2cccc([N+](=O)[O-])c2)C(C#N)=C(N)O1. The molecule has 2 N–H and O–H groups in total. The summed E-state index contributed by atoms with van der Waals surface area (Å²) in [6.45, 7) is 1.79. The van der Waals surface area contributed by atoms with Crippen molar-refractivity contribution in [2.24, 2.45) is 5.73 Å². The zero-order valence-electron chi connectivity index (χ0n) is 12.2. The van der Waals surface area contributed by atoms with Gasteiger partial charge in [-0.05, 0) is 18.6 Å². The van der Waals surface area contributed by atoms with Crippen LogP contribution in [0.4, 0.5) is 5.69 Å². The second-order valence-corrected chi connectivity index (χ2v) is 4.57. The van der Waals surface area contributed by atoms with Crippen LogP contribution in [0.2, 0.25) is 0 Å². The van der Waals surface area contributed by atoms with Gasteiger partial charge in [-0.15, -0.1) is 0 Å². The fourth-order valence-electron chi connectivity index (χ4n) is 2.13. The van der Waals surface area contributed by atoms with Gasteiger partial charge in [-0.25, -0.2) is 4.79 Å². The van der Waals surface area contributed by atoms with Crippen LogP contribution in [-0.4, -0.2) is 17.5 Å². The standard InChI is InChI=1S/C15H13N3O5/c1-2-22-15(19)13-7-11(12(8-16)14(17)23-13)9-4-3-5-10(6-9)18(20)21/h3-7,11H,2,17H2,1H3. The van der Waals surface area contributed by atoms with Gasteiger partial charge in [0.2, 0.25) is 11.6 Å². The first-order valence-corrected chi connectivity index (χ1v) is 6.68. The van der Waals surface area contributed by atoms with Crippen LogP contribution in [0.1, 0.15) is 18.4 Å². The van der Waals surface area contributed by atoms with Crippen LogP contribution in [-0.2, 0) is 14.3 Å². The Morgan fingerprint density at radius 1 is 1.57 bits per heavy atom. The summed E-state index contributed by atoms with van der Waals surface area (Å²) in [4.78, 5) is 22.2. The van der Waals surface area contributed by atoms with Gasteiger partial charge in [0, 0.05) is 18.1 Å². The minimum absolute atomic E-state index is 0.0681. The van der Waals surface area contributed by atoms with Crippen LogP contribution >= 0.6 is 0 Å². The number of esters is 1. The highest BCUT2D eigenvalue weighted by Crippen LogP contribution is 2.34. The van der Waals surface area contributed by atoms with E-state index in [1.165, 1.54) is 24.3 Å². The first-order chi connectivity index (χ1) is 11.0. The Balaban J connectivity index is 2.49. The minimum atomic E-state index is -0.729. The smallest absolute Gasteiger partial charge is 0.374 e. The topological polar surface area (TPSA) is 128 Å². The number of nitro benzene ring substituents is 1. The van der Waals surface area contributed by atoms with Crippen molar-refractivity contribution in [3.63, 3.8) is 0 Å². The van der Waals surface area contributed by atoms with Crippen molar-refractivity contribution in [1.82, 2.24) is 0 Å². The van der Waals surface area contributed by atoms with Crippen molar-refractivity contribution in [1.29, 1.82) is 5.26 Å². The van der Waals surface area contributed by atoms with Gasteiger partial charge < -0.3 is 15.2 Å². The first-order valence-electron chi connectivity index (χ1n) is 6.68. The summed E-state index contributed by atoms with van der Waals surface area (Å²) in [5.74, 6) is -1.83. The van der Waals surface area contributed by atoms with Crippen molar-refractivity contribution < 1.29 is 19.2 Å². The summed E-state index contributed by atoms with van der Waals surface area (Å²) >= 11 is 0. The van der Waals surface area contributed by atoms with E-state index in [1.807, 2.05) is 6.07 Å². The highest BCUT2D eigenvalue weighted by molar-refractivity contribution is 5.87. The number of benzene rings is 1. The average molecular weight is 315 g/mol. The molecule has 1 heterocycles. The largest absolute Gasteiger partial charge is 0.460 e. The predicted molar refractivity (Wildman–Crippen MR) is 78.5 cm³/mol. The summed E-state index contributed by atoms with van der Waals surface area (Å²) < 4.78 is 9.96. The molecule has 1 unspecified atom stereocenters. The maximum atomic E-state index is 11.8. The molecule has 1 aliphatic heterocycles. The van der Waals surface area contributed by atoms with Crippen LogP contribution in [0.15, 0.2) is 47.6 Å². The van der Waals surface area contributed by atoms with Gasteiger partial charge in [0.15, 0.2) is 0 Å². The fourth-order valence-corrected chi connectivity index (χ4v) is 2.13. The monoisotopic (exact) mass is 315 g/mol. The lowest BCUT2D eigenvalue weighted by molar-refractivity contribution is -0.384. The molecule has 1 aromatic rings. The average Bonchev–Trinajstić information content (AvgIpc) is 2.54. The Labute approximate surface area is 131 Å². The lowest BCUT2D eigenvalue weighted by Crippen LogP contribution is -2.21. The van der Waals surface area contributed by atoms with E-state index in [4.69, 9.17) is 15.2 Å². The molecule has 0 saturated carbocycles. The molecule has 8 nitrogen and oxygen atoms in total. The number of ether oxygens (including phenoxy) is 2. The van der Waals surface area contributed by atoms with E-state index in [0.717, 1.165) is 0 Å². The molecular formula is C15H13N3O5. The van der Waals surface area contributed by atoms with Crippen LogP contribution in [0.5, 0.6) is 0 Å². The number of nitrogens with two attached hydrogens (primary N) is 1. The molecule has 0 amide bonds. The van der Waals surface area contributed by atoms with Gasteiger partial charge in [-0.2, -0.15) is 5.26 Å². The quantitative estimate of drug-likeness (QED) is 0.510. The van der Waals surface area contributed by atoms with Crippen LogP contribution in [0.25, 0.3) is 0 Å². The summed E-state index contributed by atoms with van der Waals surface area (Å²) in [6, 6.07) is 7.65. The minimum Gasteiger partial charge on any atom is -0.460 e. The summed E-state index contributed by atoms with van der Waals surface area (Å²) in [7, 11) is 0. The highest BCUT2D eigenvalue weighted by atomic mass is 16.6. The molecule has 0 spiro atoms. The number of non-ortho nitro benzene ring substituents is 1. The Morgan fingerprint density at radius 2 is 2.30 bits per heavy atom. The number of hydrogen-bond donors (Lipinski definition) is 1. The number of allylic oxidation sites excluding steroid dienone is 2. The second-order valence-electron chi connectivity index (χ2n) is 4.57. The maximum absolute atomic E-state index is 11.8. The number of nitro groups is 1. The molecule has 0 fully saturated rings. The molecular weight excluding hydrogens is 302 g/mol. The third kappa shape index (κ3) is 3.29. The second kappa shape index (κ2) is 6.62. The first kappa shape index (κ1) is 16.0. The van der Waals surface area contributed by atoms with E-state index in [1.54, 1.807) is 13.0 Å². The molecule has 118 valence electrons. The molecule has 8 heteroatoms. The third-order valence-corrected chi connectivity index (χ3v) is 3.15. The Kier molecular flexibility index (Phi) is 4.61. The molecule has 1 atom stereocenters. The van der Waals surface area contributed by atoms with E-state index in [-0.39, 0.29) is 29.5 Å². The Hall–Kier alpha value is -3.34. The lowest BCUT2D eigenvalue weighted by Gasteiger charge is -2.21. The summed E-state index contributed by atoms with van der Waals surface area (Å²) in [5.41, 5.74) is 6.08. The number of carbonyl (C=O) groups is 1. The molecule has 0 aromatic heterocycles. The van der Waals surface area contributed by atoms with Gasteiger partial charge in [-0.3, -0.25) is 10.1 Å². The van der Waals surface area contributed by atoms with Crippen molar-refractivity contribution in [3.05, 3.63) is 63.2 Å². The van der Waals surface area contributed by atoms with E-state index in [0.29, 0.717) is 5.56 Å². The summed E-state index contributed by atoms with van der Waals surface area (Å²) in [6.07, 6.45) is 1.37. The Bertz CT molecular complexity index is 761. The summed E-state index contributed by atoms with van der Waals surface area (Å²) in [5, 5.41) is 20.2. The number of rotatable bonds is 4. The van der Waals surface area contributed by atoms with Gasteiger partial charge in [-0.1, -0.05) is 12.1 Å². The normalized spacial score (nSPS) is 16.9. The number of nitrogens with zero attached hydrogens (tertiary/aromatic N) is 2. The van der Waals surface area contributed by atoms with E-state index < -0.39 is 16.8 Å². The van der Waals surface area contributed by atoms with Crippen LogP contribution < -0.4 is 5.73 Å². The highest BCUT2D eigenvalue weighted by Gasteiger charge is 2.29. The lowest BCUT2D eigenvalue weighted by atomic mass is 9.89. The maximum Gasteiger partial charge on any atom is 0.374 e. The molecule has 1 aliphatic rings. The van der Waals surface area contributed by atoms with E-state index in [2.05, 4.69) is 0 Å². The van der Waals surface area contributed by atoms with Gasteiger partial charge >= 0.3 is 5.97 Å². The van der Waals surface area contributed by atoms with E-state index in [9.17, 15) is 20.2 Å². The fraction of sp³-hybridized carbons (Fsp3) is 0.200. The number of hydrogen-bond acceptors (Lipinski definition) is 7. The molecule has 2 rings (SSSR count). The molecule has 0 bridgehead atoms. The van der Waals surface area contributed by atoms with Gasteiger partial charge in [0.1, 0.15) is 11.6 Å². The zero-order chi connectivity index (χ0) is 17.0. The van der Waals surface area contributed by atoms with Crippen molar-refractivity contribution in [3.8, 4) is 6.07 Å². The van der Waals surface area contributed by atoms with Crippen molar-refractivity contribution in [2.45, 2.75) is 12.8 Å². The molecule has 0 aliphatic carbocycles. The third-order valence-electron chi connectivity index (χ3n) is 3.15. The molecule has 1 aromatic carbocycles.